The fourth-order valence-electron chi connectivity index (χ4n) is 1.73. The highest BCUT2D eigenvalue weighted by Crippen LogP contribution is 2.27. The molecule has 1 aromatic heterocycles. The van der Waals surface area contributed by atoms with Crippen LogP contribution in [0.1, 0.15) is 0 Å². The Kier molecular flexibility index (Phi) is 4.08. The van der Waals surface area contributed by atoms with Gasteiger partial charge in [0.25, 0.3) is 0 Å². The second-order valence-electron chi connectivity index (χ2n) is 4.00. The molecule has 0 aliphatic carbocycles. The van der Waals surface area contributed by atoms with Crippen LogP contribution >= 0.6 is 15.9 Å². The van der Waals surface area contributed by atoms with Crippen LogP contribution in [0.5, 0.6) is 0 Å². The third-order valence-electron chi connectivity index (χ3n) is 2.44. The number of nitrogens with one attached hydrogen (secondary N) is 1. The van der Waals surface area contributed by atoms with E-state index in [1.165, 1.54) is 0 Å². The number of pyridine rings is 1. The Labute approximate surface area is 115 Å². The molecule has 0 bridgehead atoms. The van der Waals surface area contributed by atoms with Crippen LogP contribution in [-0.2, 0) is 14.8 Å². The largest absolute Gasteiger partial charge is 0.378 e. The molecule has 0 amide bonds. The van der Waals surface area contributed by atoms with Crippen molar-refractivity contribution >= 4 is 37.5 Å². The van der Waals surface area contributed by atoms with Crippen LogP contribution in [-0.4, -0.2) is 46.0 Å². The van der Waals surface area contributed by atoms with E-state index in [-0.39, 0.29) is 0 Å². The lowest BCUT2D eigenvalue weighted by Gasteiger charge is -2.29. The molecule has 100 valence electrons. The van der Waals surface area contributed by atoms with Crippen LogP contribution in [0.3, 0.4) is 0 Å². The third kappa shape index (κ3) is 3.56. The van der Waals surface area contributed by atoms with Gasteiger partial charge in [-0.25, -0.2) is 13.4 Å². The lowest BCUT2D eigenvalue weighted by Crippen LogP contribution is -2.37. The van der Waals surface area contributed by atoms with Gasteiger partial charge in [0, 0.05) is 23.8 Å². The fourth-order valence-corrected chi connectivity index (χ4v) is 2.62. The molecule has 0 radical (unpaired) electrons. The van der Waals surface area contributed by atoms with Crippen molar-refractivity contribution in [3.8, 4) is 0 Å². The summed E-state index contributed by atoms with van der Waals surface area (Å²) in [4.78, 5) is 6.29. The number of halogens is 1. The Hall–Kier alpha value is -0.860. The van der Waals surface area contributed by atoms with Gasteiger partial charge in [0.2, 0.25) is 10.0 Å². The highest BCUT2D eigenvalue weighted by Gasteiger charge is 2.18. The summed E-state index contributed by atoms with van der Waals surface area (Å²) in [5, 5.41) is 0. The molecule has 1 aliphatic rings. The number of ether oxygens (including phenoxy) is 1. The first-order valence-corrected chi connectivity index (χ1v) is 8.10. The number of morpholine rings is 1. The Morgan fingerprint density at radius 1 is 1.44 bits per heavy atom. The summed E-state index contributed by atoms with van der Waals surface area (Å²) in [5.41, 5.74) is 0.480. The molecule has 0 atom stereocenters. The van der Waals surface area contributed by atoms with Crippen LogP contribution in [0.2, 0.25) is 0 Å². The first-order chi connectivity index (χ1) is 8.46. The summed E-state index contributed by atoms with van der Waals surface area (Å²) >= 11 is 3.29. The minimum absolute atomic E-state index is 0.480. The van der Waals surface area contributed by atoms with E-state index in [4.69, 9.17) is 4.74 Å². The normalized spacial score (nSPS) is 16.7. The predicted molar refractivity (Wildman–Crippen MR) is 73.4 cm³/mol. The van der Waals surface area contributed by atoms with Crippen molar-refractivity contribution < 1.29 is 13.2 Å². The van der Waals surface area contributed by atoms with Crippen LogP contribution in [0.25, 0.3) is 0 Å². The van der Waals surface area contributed by atoms with Gasteiger partial charge in [-0.05, 0) is 22.0 Å². The van der Waals surface area contributed by atoms with E-state index < -0.39 is 10.0 Å². The van der Waals surface area contributed by atoms with Gasteiger partial charge in [-0.15, -0.1) is 0 Å². The van der Waals surface area contributed by atoms with Crippen molar-refractivity contribution in [2.45, 2.75) is 0 Å². The van der Waals surface area contributed by atoms with Gasteiger partial charge in [-0.1, -0.05) is 0 Å². The maximum absolute atomic E-state index is 11.3. The average Bonchev–Trinajstić information content (AvgIpc) is 2.28. The van der Waals surface area contributed by atoms with Crippen molar-refractivity contribution in [1.82, 2.24) is 4.98 Å². The fraction of sp³-hybridized carbons (Fsp3) is 0.500. The summed E-state index contributed by atoms with van der Waals surface area (Å²) in [6.07, 6.45) is 2.77. The smallest absolute Gasteiger partial charge is 0.229 e. The van der Waals surface area contributed by atoms with E-state index in [2.05, 4.69) is 25.6 Å². The highest BCUT2D eigenvalue weighted by molar-refractivity contribution is 9.10. The van der Waals surface area contributed by atoms with Crippen molar-refractivity contribution in [2.75, 3.05) is 42.2 Å². The van der Waals surface area contributed by atoms with Crippen LogP contribution < -0.4 is 9.62 Å². The van der Waals surface area contributed by atoms with E-state index in [1.54, 1.807) is 12.3 Å². The zero-order chi connectivity index (χ0) is 13.2. The van der Waals surface area contributed by atoms with E-state index in [0.717, 1.165) is 10.7 Å². The van der Waals surface area contributed by atoms with Crippen LogP contribution in [0.4, 0.5) is 11.5 Å². The molecule has 2 rings (SSSR count). The number of hydrogen-bond acceptors (Lipinski definition) is 5. The second-order valence-corrected chi connectivity index (χ2v) is 6.66. The molecule has 0 unspecified atom stereocenters. The first-order valence-electron chi connectivity index (χ1n) is 5.42. The maximum Gasteiger partial charge on any atom is 0.229 e. The Balaban J connectivity index is 2.33. The standard InChI is InChI=1S/C10H14BrN3O3S/c1-18(15,16)13-9-6-8(11)7-12-10(9)14-2-4-17-5-3-14/h6-7,13H,2-5H2,1H3. The molecule has 0 aromatic carbocycles. The Morgan fingerprint density at radius 2 is 2.11 bits per heavy atom. The second kappa shape index (κ2) is 5.41. The molecule has 0 spiro atoms. The molecule has 1 fully saturated rings. The summed E-state index contributed by atoms with van der Waals surface area (Å²) in [6, 6.07) is 1.71. The monoisotopic (exact) mass is 335 g/mol. The van der Waals surface area contributed by atoms with E-state index in [0.29, 0.717) is 37.8 Å². The van der Waals surface area contributed by atoms with Gasteiger partial charge in [-0.2, -0.15) is 0 Å². The molecular formula is C10H14BrN3O3S. The van der Waals surface area contributed by atoms with E-state index >= 15 is 0 Å². The minimum atomic E-state index is -3.32. The minimum Gasteiger partial charge on any atom is -0.378 e. The zero-order valence-electron chi connectivity index (χ0n) is 9.89. The summed E-state index contributed by atoms with van der Waals surface area (Å²) in [6.45, 7) is 2.65. The average molecular weight is 336 g/mol. The van der Waals surface area contributed by atoms with Gasteiger partial charge in [0.05, 0.1) is 25.2 Å². The lowest BCUT2D eigenvalue weighted by molar-refractivity contribution is 0.122. The van der Waals surface area contributed by atoms with Crippen molar-refractivity contribution in [1.29, 1.82) is 0 Å². The lowest BCUT2D eigenvalue weighted by atomic mass is 10.3. The summed E-state index contributed by atoms with van der Waals surface area (Å²) in [5.74, 6) is 0.631. The number of nitrogens with zero attached hydrogens (tertiary/aromatic N) is 2. The van der Waals surface area contributed by atoms with Gasteiger partial charge in [0.15, 0.2) is 5.82 Å². The molecule has 1 aliphatic heterocycles. The number of hydrogen-bond donors (Lipinski definition) is 1. The van der Waals surface area contributed by atoms with Crippen LogP contribution in [0.15, 0.2) is 16.7 Å². The van der Waals surface area contributed by atoms with E-state index in [1.807, 2.05) is 4.90 Å². The third-order valence-corrected chi connectivity index (χ3v) is 3.46. The molecule has 2 heterocycles. The van der Waals surface area contributed by atoms with Crippen LogP contribution in [0, 0.1) is 0 Å². The van der Waals surface area contributed by atoms with E-state index in [9.17, 15) is 8.42 Å². The summed E-state index contributed by atoms with van der Waals surface area (Å²) < 4.78 is 31.2. The zero-order valence-corrected chi connectivity index (χ0v) is 12.3. The highest BCUT2D eigenvalue weighted by atomic mass is 79.9. The van der Waals surface area contributed by atoms with Crippen molar-refractivity contribution in [2.24, 2.45) is 0 Å². The number of aromatic nitrogens is 1. The topological polar surface area (TPSA) is 71.5 Å². The Bertz CT molecular complexity index is 529. The molecule has 1 saturated heterocycles. The van der Waals surface area contributed by atoms with Gasteiger partial charge >= 0.3 is 0 Å². The SMILES string of the molecule is CS(=O)(=O)Nc1cc(Br)cnc1N1CCOCC1. The number of anilines is 2. The predicted octanol–water partition coefficient (Wildman–Crippen LogP) is 1.05. The Morgan fingerprint density at radius 3 is 2.72 bits per heavy atom. The van der Waals surface area contributed by atoms with Crippen molar-refractivity contribution in [3.63, 3.8) is 0 Å². The molecule has 1 N–H and O–H groups in total. The molecule has 6 nitrogen and oxygen atoms in total. The van der Waals surface area contributed by atoms with Gasteiger partial charge in [0.1, 0.15) is 0 Å². The first kappa shape index (κ1) is 13.6. The molecule has 8 heteroatoms. The maximum atomic E-state index is 11.3. The molecule has 0 saturated carbocycles. The van der Waals surface area contributed by atoms with Gasteiger partial charge < -0.3 is 9.64 Å². The quantitative estimate of drug-likeness (QED) is 0.893. The number of sulfonamides is 1. The molecule has 1 aromatic rings. The molecule has 18 heavy (non-hydrogen) atoms. The van der Waals surface area contributed by atoms with Crippen molar-refractivity contribution in [3.05, 3.63) is 16.7 Å². The number of rotatable bonds is 3. The summed E-state index contributed by atoms with van der Waals surface area (Å²) in [7, 11) is -3.32. The molecular weight excluding hydrogens is 322 g/mol. The van der Waals surface area contributed by atoms with Gasteiger partial charge in [-0.3, -0.25) is 4.72 Å².